The number of aromatic nitrogens is 1. The number of carbonyl (C=O) groups is 1. The van der Waals surface area contributed by atoms with E-state index >= 15 is 0 Å². The Kier molecular flexibility index (Phi) is 3.21. The molecule has 0 aromatic carbocycles. The number of rotatable bonds is 2. The minimum atomic E-state index is -0.144. The molecule has 3 nitrogen and oxygen atoms in total. The first-order valence-electron chi connectivity index (χ1n) is 5.09. The zero-order valence-corrected chi connectivity index (χ0v) is 9.04. The van der Waals surface area contributed by atoms with E-state index in [1.165, 1.54) is 6.20 Å². The monoisotopic (exact) mass is 225 g/mol. The van der Waals surface area contributed by atoms with Gasteiger partial charge < -0.3 is 4.74 Å². The number of carbonyl (C=O) groups excluding carboxylic acids is 1. The highest BCUT2D eigenvalue weighted by Gasteiger charge is 2.24. The van der Waals surface area contributed by atoms with Crippen molar-refractivity contribution in [2.75, 3.05) is 0 Å². The average molecular weight is 226 g/mol. The van der Waals surface area contributed by atoms with Crippen LogP contribution < -0.4 is 4.74 Å². The Morgan fingerprint density at radius 3 is 2.87 bits per heavy atom. The van der Waals surface area contributed by atoms with Crippen LogP contribution in [0.2, 0.25) is 5.15 Å². The van der Waals surface area contributed by atoms with Gasteiger partial charge in [-0.25, -0.2) is 4.98 Å². The molecular weight excluding hydrogens is 214 g/mol. The molecule has 0 radical (unpaired) electrons. The fourth-order valence-electron chi connectivity index (χ4n) is 1.81. The predicted octanol–water partition coefficient (Wildman–Crippen LogP) is 2.83. The van der Waals surface area contributed by atoms with Gasteiger partial charge >= 0.3 is 5.97 Å². The van der Waals surface area contributed by atoms with Crippen LogP contribution in [0.15, 0.2) is 18.3 Å². The van der Waals surface area contributed by atoms with Gasteiger partial charge in [0.2, 0.25) is 0 Å². The molecule has 1 aromatic rings. The minimum absolute atomic E-state index is 0.0666. The third kappa shape index (κ3) is 2.69. The first-order valence-corrected chi connectivity index (χ1v) is 5.47. The lowest BCUT2D eigenvalue weighted by atomic mass is 10.1. The van der Waals surface area contributed by atoms with E-state index in [-0.39, 0.29) is 11.9 Å². The van der Waals surface area contributed by atoms with Crippen molar-refractivity contribution < 1.29 is 9.53 Å². The number of nitrogens with zero attached hydrogens (tertiary/aromatic N) is 1. The molecule has 1 heterocycles. The molecule has 1 aromatic heterocycles. The second-order valence-corrected chi connectivity index (χ2v) is 4.10. The summed E-state index contributed by atoms with van der Waals surface area (Å²) < 4.78 is 5.22. The molecule has 15 heavy (non-hydrogen) atoms. The zero-order valence-electron chi connectivity index (χ0n) is 8.28. The van der Waals surface area contributed by atoms with Crippen LogP contribution in [0.5, 0.6) is 5.75 Å². The Hall–Kier alpha value is -1.09. The standard InChI is InChI=1S/C11H12ClNO2/c12-10-7-9(5-6-13-10)15-11(14)8-3-1-2-4-8/h5-8H,1-4H2. The van der Waals surface area contributed by atoms with E-state index in [4.69, 9.17) is 16.3 Å². The van der Waals surface area contributed by atoms with Crippen molar-refractivity contribution in [1.29, 1.82) is 0 Å². The fourth-order valence-corrected chi connectivity index (χ4v) is 1.97. The molecule has 0 unspecified atom stereocenters. The number of hydrogen-bond acceptors (Lipinski definition) is 3. The van der Waals surface area contributed by atoms with Crippen molar-refractivity contribution in [3.63, 3.8) is 0 Å². The second-order valence-electron chi connectivity index (χ2n) is 3.72. The van der Waals surface area contributed by atoms with Gasteiger partial charge in [-0.3, -0.25) is 4.79 Å². The summed E-state index contributed by atoms with van der Waals surface area (Å²) in [4.78, 5) is 15.5. The van der Waals surface area contributed by atoms with E-state index in [0.717, 1.165) is 25.7 Å². The number of pyridine rings is 1. The highest BCUT2D eigenvalue weighted by molar-refractivity contribution is 6.29. The Bertz CT molecular complexity index is 361. The molecule has 0 bridgehead atoms. The van der Waals surface area contributed by atoms with Crippen LogP contribution >= 0.6 is 11.6 Å². The van der Waals surface area contributed by atoms with Crippen LogP contribution in [0.3, 0.4) is 0 Å². The Morgan fingerprint density at radius 1 is 1.47 bits per heavy atom. The summed E-state index contributed by atoms with van der Waals surface area (Å²) in [7, 11) is 0. The van der Waals surface area contributed by atoms with Gasteiger partial charge in [-0.1, -0.05) is 24.4 Å². The highest BCUT2D eigenvalue weighted by atomic mass is 35.5. The molecule has 0 aliphatic heterocycles. The maximum Gasteiger partial charge on any atom is 0.314 e. The van der Waals surface area contributed by atoms with Gasteiger partial charge in [-0.15, -0.1) is 0 Å². The Morgan fingerprint density at radius 2 is 2.20 bits per heavy atom. The van der Waals surface area contributed by atoms with Crippen LogP contribution in [-0.4, -0.2) is 11.0 Å². The van der Waals surface area contributed by atoms with E-state index in [9.17, 15) is 4.79 Å². The van der Waals surface area contributed by atoms with E-state index in [0.29, 0.717) is 10.9 Å². The molecule has 4 heteroatoms. The van der Waals surface area contributed by atoms with Crippen molar-refractivity contribution >= 4 is 17.6 Å². The van der Waals surface area contributed by atoms with Gasteiger partial charge in [-0.2, -0.15) is 0 Å². The van der Waals surface area contributed by atoms with Crippen molar-refractivity contribution in [1.82, 2.24) is 4.98 Å². The van der Waals surface area contributed by atoms with Crippen LogP contribution in [0, 0.1) is 5.92 Å². The van der Waals surface area contributed by atoms with Gasteiger partial charge in [0.25, 0.3) is 0 Å². The van der Waals surface area contributed by atoms with Crippen LogP contribution in [-0.2, 0) is 4.79 Å². The molecule has 80 valence electrons. The van der Waals surface area contributed by atoms with E-state index < -0.39 is 0 Å². The molecule has 0 amide bonds. The summed E-state index contributed by atoms with van der Waals surface area (Å²) in [6.45, 7) is 0. The van der Waals surface area contributed by atoms with Crippen molar-refractivity contribution in [2.45, 2.75) is 25.7 Å². The molecule has 1 saturated carbocycles. The molecule has 0 spiro atoms. The molecule has 2 rings (SSSR count). The SMILES string of the molecule is O=C(Oc1ccnc(Cl)c1)C1CCCC1. The lowest BCUT2D eigenvalue weighted by molar-refractivity contribution is -0.138. The summed E-state index contributed by atoms with van der Waals surface area (Å²) >= 11 is 5.69. The van der Waals surface area contributed by atoms with Crippen molar-refractivity contribution in [3.05, 3.63) is 23.5 Å². The zero-order chi connectivity index (χ0) is 10.7. The van der Waals surface area contributed by atoms with Crippen LogP contribution in [0.4, 0.5) is 0 Å². The number of ether oxygens (including phenoxy) is 1. The van der Waals surface area contributed by atoms with Gasteiger partial charge in [0.1, 0.15) is 10.9 Å². The van der Waals surface area contributed by atoms with E-state index in [1.54, 1.807) is 12.1 Å². The van der Waals surface area contributed by atoms with Crippen LogP contribution in [0.1, 0.15) is 25.7 Å². The molecule has 1 fully saturated rings. The smallest absolute Gasteiger partial charge is 0.314 e. The molecule has 1 aliphatic rings. The maximum absolute atomic E-state index is 11.6. The fraction of sp³-hybridized carbons (Fsp3) is 0.455. The van der Waals surface area contributed by atoms with Gasteiger partial charge in [0.15, 0.2) is 0 Å². The number of hydrogen-bond donors (Lipinski definition) is 0. The number of halogens is 1. The van der Waals surface area contributed by atoms with E-state index in [1.807, 2.05) is 0 Å². The van der Waals surface area contributed by atoms with Crippen molar-refractivity contribution in [2.24, 2.45) is 5.92 Å². The summed E-state index contributed by atoms with van der Waals surface area (Å²) in [5, 5.41) is 0.340. The Balaban J connectivity index is 1.99. The van der Waals surface area contributed by atoms with Gasteiger partial charge in [0, 0.05) is 12.3 Å². The molecule has 0 saturated heterocycles. The lowest BCUT2D eigenvalue weighted by Gasteiger charge is -2.08. The largest absolute Gasteiger partial charge is 0.426 e. The van der Waals surface area contributed by atoms with Crippen LogP contribution in [0.25, 0.3) is 0 Å². The normalized spacial score (nSPS) is 16.6. The molecule has 0 N–H and O–H groups in total. The molecule has 1 aliphatic carbocycles. The molecular formula is C11H12ClNO2. The quantitative estimate of drug-likeness (QED) is 0.574. The van der Waals surface area contributed by atoms with Gasteiger partial charge in [-0.05, 0) is 18.9 Å². The summed E-state index contributed by atoms with van der Waals surface area (Å²) in [5.41, 5.74) is 0. The number of esters is 1. The summed E-state index contributed by atoms with van der Waals surface area (Å²) in [5.74, 6) is 0.401. The van der Waals surface area contributed by atoms with Crippen molar-refractivity contribution in [3.8, 4) is 5.75 Å². The maximum atomic E-state index is 11.6. The average Bonchev–Trinajstić information content (AvgIpc) is 2.70. The summed E-state index contributed by atoms with van der Waals surface area (Å²) in [6, 6.07) is 3.19. The van der Waals surface area contributed by atoms with Gasteiger partial charge in [0.05, 0.1) is 5.92 Å². The highest BCUT2D eigenvalue weighted by Crippen LogP contribution is 2.26. The third-order valence-corrected chi connectivity index (χ3v) is 2.81. The first kappa shape index (κ1) is 10.4. The lowest BCUT2D eigenvalue weighted by Crippen LogP contribution is -2.17. The molecule has 0 atom stereocenters. The first-order chi connectivity index (χ1) is 7.25. The second kappa shape index (κ2) is 4.62. The topological polar surface area (TPSA) is 39.2 Å². The van der Waals surface area contributed by atoms with E-state index in [2.05, 4.69) is 4.98 Å². The Labute approximate surface area is 93.4 Å². The summed E-state index contributed by atoms with van der Waals surface area (Å²) in [6.07, 6.45) is 5.66. The third-order valence-electron chi connectivity index (χ3n) is 2.60. The predicted molar refractivity (Wildman–Crippen MR) is 56.8 cm³/mol. The minimum Gasteiger partial charge on any atom is -0.426 e.